The van der Waals surface area contributed by atoms with Crippen molar-refractivity contribution in [1.29, 1.82) is 0 Å². The molecule has 2 aromatic heterocycles. The molecule has 9 heteroatoms. The molecule has 0 atom stereocenters. The summed E-state index contributed by atoms with van der Waals surface area (Å²) in [6.45, 7) is 6.92. The number of rotatable bonds is 5. The third kappa shape index (κ3) is 3.56. The van der Waals surface area contributed by atoms with E-state index in [0.29, 0.717) is 28.4 Å². The van der Waals surface area contributed by atoms with Crippen molar-refractivity contribution in [3.05, 3.63) is 45.2 Å². The first-order chi connectivity index (χ1) is 16.3. The standard InChI is InChI=1S/C25H33N5O4/c1-16-23(30(32)33)17(2)29(26-16)15-21-3-4-22(34-21)24(31)27-5-7-28(8-6-27)25-12-18-9-19(13-25)11-20(10-18)14-25/h3-4,18-20H,5-15H2,1-2H3. The number of aryl methyl sites for hydroxylation is 1. The van der Waals surface area contributed by atoms with E-state index in [4.69, 9.17) is 4.42 Å². The van der Waals surface area contributed by atoms with E-state index in [9.17, 15) is 14.9 Å². The van der Waals surface area contributed by atoms with Gasteiger partial charge in [-0.2, -0.15) is 5.10 Å². The first-order valence-electron chi connectivity index (χ1n) is 12.6. The summed E-state index contributed by atoms with van der Waals surface area (Å²) in [4.78, 5) is 28.6. The number of nitro groups is 1. The minimum absolute atomic E-state index is 0.0275. The summed E-state index contributed by atoms with van der Waals surface area (Å²) in [5.41, 5.74) is 1.28. The zero-order chi connectivity index (χ0) is 23.6. The van der Waals surface area contributed by atoms with Crippen LogP contribution in [-0.4, -0.2) is 62.1 Å². The van der Waals surface area contributed by atoms with Crippen LogP contribution in [0.3, 0.4) is 0 Å². The molecule has 4 aliphatic carbocycles. The SMILES string of the molecule is Cc1nn(Cc2ccc(C(=O)N3CCN(C45CC6CC(CC(C6)C4)C5)CC3)o2)c(C)c1[N+](=O)[O-]. The van der Waals surface area contributed by atoms with Crippen LogP contribution in [0.25, 0.3) is 0 Å². The smallest absolute Gasteiger partial charge is 0.312 e. The average molecular weight is 468 g/mol. The van der Waals surface area contributed by atoms with E-state index in [1.807, 2.05) is 4.90 Å². The van der Waals surface area contributed by atoms with Gasteiger partial charge in [0.05, 0.1) is 11.5 Å². The van der Waals surface area contributed by atoms with Crippen molar-refractivity contribution in [3.8, 4) is 0 Å². The molecule has 1 saturated heterocycles. The van der Waals surface area contributed by atoms with Gasteiger partial charge >= 0.3 is 5.69 Å². The summed E-state index contributed by atoms with van der Waals surface area (Å²) in [5, 5.41) is 15.5. The molecule has 34 heavy (non-hydrogen) atoms. The van der Waals surface area contributed by atoms with Gasteiger partial charge in [0.15, 0.2) is 5.76 Å². The highest BCUT2D eigenvalue weighted by molar-refractivity contribution is 5.91. The van der Waals surface area contributed by atoms with Crippen LogP contribution in [0.5, 0.6) is 0 Å². The zero-order valence-corrected chi connectivity index (χ0v) is 20.0. The second-order valence-corrected chi connectivity index (χ2v) is 11.1. The Balaban J connectivity index is 1.09. The lowest BCUT2D eigenvalue weighted by Crippen LogP contribution is -2.64. The van der Waals surface area contributed by atoms with E-state index in [1.54, 1.807) is 30.7 Å². The molecule has 4 bridgehead atoms. The average Bonchev–Trinajstić information content (AvgIpc) is 3.36. The minimum atomic E-state index is -0.408. The monoisotopic (exact) mass is 467 g/mol. The molecule has 0 spiro atoms. The van der Waals surface area contributed by atoms with Crippen molar-refractivity contribution in [3.63, 3.8) is 0 Å². The zero-order valence-electron chi connectivity index (χ0n) is 20.0. The molecule has 3 heterocycles. The van der Waals surface area contributed by atoms with Gasteiger partial charge in [0.25, 0.3) is 5.91 Å². The van der Waals surface area contributed by atoms with Gasteiger partial charge in [-0.25, -0.2) is 0 Å². The Kier molecular flexibility index (Phi) is 5.09. The molecule has 0 radical (unpaired) electrons. The number of hydrogen-bond acceptors (Lipinski definition) is 6. The van der Waals surface area contributed by atoms with Crippen molar-refractivity contribution in [2.45, 2.75) is 64.5 Å². The van der Waals surface area contributed by atoms with Gasteiger partial charge < -0.3 is 9.32 Å². The molecular weight excluding hydrogens is 434 g/mol. The van der Waals surface area contributed by atoms with E-state index in [1.165, 1.54) is 38.5 Å². The molecule has 5 aliphatic rings. The van der Waals surface area contributed by atoms with Crippen LogP contribution in [0, 0.1) is 41.7 Å². The van der Waals surface area contributed by atoms with E-state index in [0.717, 1.165) is 43.9 Å². The summed E-state index contributed by atoms with van der Waals surface area (Å²) in [6.07, 6.45) is 8.42. The number of nitrogens with zero attached hydrogens (tertiary/aromatic N) is 5. The largest absolute Gasteiger partial charge is 0.454 e. The highest BCUT2D eigenvalue weighted by Gasteiger charge is 2.53. The van der Waals surface area contributed by atoms with Crippen LogP contribution in [0.2, 0.25) is 0 Å². The lowest BCUT2D eigenvalue weighted by Gasteiger charge is -2.61. The lowest BCUT2D eigenvalue weighted by atomic mass is 9.52. The van der Waals surface area contributed by atoms with Crippen LogP contribution >= 0.6 is 0 Å². The highest BCUT2D eigenvalue weighted by Crippen LogP contribution is 2.57. The fourth-order valence-electron chi connectivity index (χ4n) is 7.82. The predicted octanol–water partition coefficient (Wildman–Crippen LogP) is 3.78. The molecular formula is C25H33N5O4. The third-order valence-corrected chi connectivity index (χ3v) is 8.95. The third-order valence-electron chi connectivity index (χ3n) is 8.95. The number of carbonyl (C=O) groups excluding carboxylic acids is 1. The fraction of sp³-hybridized carbons (Fsp3) is 0.680. The van der Waals surface area contributed by atoms with E-state index in [2.05, 4.69) is 10.00 Å². The number of piperazine rings is 1. The van der Waals surface area contributed by atoms with Gasteiger partial charge in [0.2, 0.25) is 0 Å². The molecule has 0 aromatic carbocycles. The molecule has 1 aliphatic heterocycles. The van der Waals surface area contributed by atoms with Crippen LogP contribution in [0.15, 0.2) is 16.5 Å². The Morgan fingerprint density at radius 2 is 1.71 bits per heavy atom. The second-order valence-electron chi connectivity index (χ2n) is 11.1. The van der Waals surface area contributed by atoms with Crippen molar-refractivity contribution < 1.29 is 14.1 Å². The number of aromatic nitrogens is 2. The number of hydrogen-bond donors (Lipinski definition) is 0. The minimum Gasteiger partial charge on any atom is -0.454 e. The Morgan fingerprint density at radius 3 is 2.26 bits per heavy atom. The van der Waals surface area contributed by atoms with Crippen LogP contribution in [0.4, 0.5) is 5.69 Å². The molecule has 182 valence electrons. The number of amides is 1. The Hall–Kier alpha value is -2.68. The quantitative estimate of drug-likeness (QED) is 0.490. The van der Waals surface area contributed by atoms with E-state index >= 15 is 0 Å². The molecule has 5 fully saturated rings. The van der Waals surface area contributed by atoms with Crippen LogP contribution in [-0.2, 0) is 6.54 Å². The topological polar surface area (TPSA) is 97.7 Å². The van der Waals surface area contributed by atoms with Gasteiger partial charge in [0, 0.05) is 31.7 Å². The Morgan fingerprint density at radius 1 is 1.09 bits per heavy atom. The second kappa shape index (κ2) is 7.93. The van der Waals surface area contributed by atoms with Crippen molar-refractivity contribution in [1.82, 2.24) is 19.6 Å². The maximum absolute atomic E-state index is 13.1. The number of furan rings is 1. The molecule has 0 N–H and O–H groups in total. The van der Waals surface area contributed by atoms with Gasteiger partial charge in [-0.05, 0) is 82.3 Å². The summed E-state index contributed by atoms with van der Waals surface area (Å²) in [5.74, 6) is 3.60. The molecule has 4 saturated carbocycles. The highest BCUT2D eigenvalue weighted by atomic mass is 16.6. The molecule has 7 rings (SSSR count). The first kappa shape index (κ1) is 21.8. The first-order valence-corrected chi connectivity index (χ1v) is 12.6. The Labute approximate surface area is 199 Å². The molecule has 0 unspecified atom stereocenters. The Bertz CT molecular complexity index is 1090. The summed E-state index contributed by atoms with van der Waals surface area (Å²) >= 11 is 0. The van der Waals surface area contributed by atoms with Crippen LogP contribution < -0.4 is 0 Å². The van der Waals surface area contributed by atoms with Gasteiger partial charge in [0.1, 0.15) is 17.1 Å². The van der Waals surface area contributed by atoms with E-state index in [-0.39, 0.29) is 18.1 Å². The number of carbonyl (C=O) groups is 1. The predicted molar refractivity (Wildman–Crippen MR) is 125 cm³/mol. The van der Waals surface area contributed by atoms with Gasteiger partial charge in [-0.3, -0.25) is 24.5 Å². The summed E-state index contributed by atoms with van der Waals surface area (Å²) in [7, 11) is 0. The molecule has 2 aromatic rings. The van der Waals surface area contributed by atoms with Crippen molar-refractivity contribution in [2.24, 2.45) is 17.8 Å². The van der Waals surface area contributed by atoms with Crippen molar-refractivity contribution >= 4 is 11.6 Å². The summed E-state index contributed by atoms with van der Waals surface area (Å²) in [6, 6.07) is 3.48. The maximum Gasteiger partial charge on any atom is 0.312 e. The van der Waals surface area contributed by atoms with E-state index < -0.39 is 4.92 Å². The summed E-state index contributed by atoms with van der Waals surface area (Å²) < 4.78 is 7.42. The maximum atomic E-state index is 13.1. The molecule has 1 amide bonds. The van der Waals surface area contributed by atoms with Gasteiger partial charge in [-0.1, -0.05) is 0 Å². The lowest BCUT2D eigenvalue weighted by molar-refractivity contribution is -0.386. The van der Waals surface area contributed by atoms with Crippen molar-refractivity contribution in [2.75, 3.05) is 26.2 Å². The van der Waals surface area contributed by atoms with Gasteiger partial charge in [-0.15, -0.1) is 0 Å². The molecule has 9 nitrogen and oxygen atoms in total. The van der Waals surface area contributed by atoms with Crippen LogP contribution in [0.1, 0.15) is 66.2 Å². The fourth-order valence-corrected chi connectivity index (χ4v) is 7.82. The normalized spacial score (nSPS) is 30.8.